The van der Waals surface area contributed by atoms with Gasteiger partial charge in [-0.15, -0.1) is 0 Å². The number of aryl methyl sites for hydroxylation is 1. The van der Waals surface area contributed by atoms with Crippen LogP contribution in [0.2, 0.25) is 0 Å². The van der Waals surface area contributed by atoms with E-state index in [1.807, 2.05) is 6.92 Å². The third kappa shape index (κ3) is 1.61. The van der Waals surface area contributed by atoms with Crippen LogP contribution in [0.15, 0.2) is 24.8 Å². The maximum absolute atomic E-state index is 12.6. The van der Waals surface area contributed by atoms with E-state index in [0.29, 0.717) is 5.82 Å². The Kier molecular flexibility index (Phi) is 2.22. The Hall–Kier alpha value is -1.78. The first kappa shape index (κ1) is 8.80. The summed E-state index contributed by atoms with van der Waals surface area (Å²) < 4.78 is 14.0. The van der Waals surface area contributed by atoms with Crippen LogP contribution in [-0.4, -0.2) is 19.7 Å². The van der Waals surface area contributed by atoms with E-state index in [1.165, 1.54) is 10.9 Å². The monoisotopic (exact) mass is 192 g/mol. The molecule has 0 radical (unpaired) electrons. The van der Waals surface area contributed by atoms with Crippen molar-refractivity contribution in [3.63, 3.8) is 0 Å². The zero-order valence-electron chi connectivity index (χ0n) is 7.68. The highest BCUT2D eigenvalue weighted by Gasteiger charge is 2.01. The third-order valence-electron chi connectivity index (χ3n) is 1.84. The van der Waals surface area contributed by atoms with Crippen LogP contribution < -0.4 is 0 Å². The van der Waals surface area contributed by atoms with Gasteiger partial charge in [-0.2, -0.15) is 5.10 Å². The highest BCUT2D eigenvalue weighted by molar-refractivity contribution is 5.17. The molecule has 4 nitrogen and oxygen atoms in total. The average Bonchev–Trinajstić information content (AvgIpc) is 2.65. The highest BCUT2D eigenvalue weighted by atomic mass is 19.1. The zero-order valence-corrected chi connectivity index (χ0v) is 7.68. The minimum Gasteiger partial charge on any atom is -0.256 e. The van der Waals surface area contributed by atoms with Crippen LogP contribution in [0.5, 0.6) is 0 Å². The van der Waals surface area contributed by atoms with Gasteiger partial charge in [-0.25, -0.2) is 14.1 Å². The Bertz CT molecular complexity index is 421. The molecule has 0 atom stereocenters. The normalized spacial score (nSPS) is 10.4. The Balaban J connectivity index is 2.33. The molecule has 0 aliphatic rings. The third-order valence-corrected chi connectivity index (χ3v) is 1.84. The van der Waals surface area contributed by atoms with Crippen LogP contribution in [0.25, 0.3) is 5.82 Å². The molecule has 0 bridgehead atoms. The van der Waals surface area contributed by atoms with Gasteiger partial charge in [-0.1, -0.05) is 6.92 Å². The molecular formula is C9H9FN4. The van der Waals surface area contributed by atoms with Gasteiger partial charge in [-0.05, 0) is 6.42 Å². The van der Waals surface area contributed by atoms with E-state index in [0.717, 1.165) is 18.3 Å². The first-order valence-corrected chi connectivity index (χ1v) is 4.31. The van der Waals surface area contributed by atoms with Crippen LogP contribution in [0.3, 0.4) is 0 Å². The summed E-state index contributed by atoms with van der Waals surface area (Å²) >= 11 is 0. The van der Waals surface area contributed by atoms with Crippen molar-refractivity contribution in [2.45, 2.75) is 13.3 Å². The van der Waals surface area contributed by atoms with E-state index in [1.54, 1.807) is 12.4 Å². The number of nitrogens with zero attached hydrogens (tertiary/aromatic N) is 4. The first-order chi connectivity index (χ1) is 6.79. The second kappa shape index (κ2) is 3.53. The molecule has 2 aromatic rings. The van der Waals surface area contributed by atoms with Gasteiger partial charge in [-0.3, -0.25) is 4.98 Å². The van der Waals surface area contributed by atoms with Crippen LogP contribution >= 0.6 is 0 Å². The van der Waals surface area contributed by atoms with E-state index >= 15 is 0 Å². The van der Waals surface area contributed by atoms with Crippen LogP contribution in [0.4, 0.5) is 4.39 Å². The predicted molar refractivity (Wildman–Crippen MR) is 48.5 cm³/mol. The fourth-order valence-electron chi connectivity index (χ4n) is 1.07. The van der Waals surface area contributed by atoms with E-state index in [-0.39, 0.29) is 5.82 Å². The van der Waals surface area contributed by atoms with Crippen LogP contribution in [0.1, 0.15) is 12.6 Å². The zero-order chi connectivity index (χ0) is 9.97. The molecule has 0 amide bonds. The lowest BCUT2D eigenvalue weighted by molar-refractivity contribution is 0.627. The van der Waals surface area contributed by atoms with E-state index in [2.05, 4.69) is 15.1 Å². The first-order valence-electron chi connectivity index (χ1n) is 4.31. The fraction of sp³-hybridized carbons (Fsp3) is 0.222. The van der Waals surface area contributed by atoms with Gasteiger partial charge < -0.3 is 0 Å². The molecule has 0 unspecified atom stereocenters. The summed E-state index contributed by atoms with van der Waals surface area (Å²) in [5.74, 6) is 0.137. The number of aromatic nitrogens is 4. The molecule has 0 N–H and O–H groups in total. The SMILES string of the molecule is CCc1cnc(-n2cc(F)cn2)cn1. The second-order valence-corrected chi connectivity index (χ2v) is 2.82. The van der Waals surface area contributed by atoms with Crippen molar-refractivity contribution in [2.24, 2.45) is 0 Å². The quantitative estimate of drug-likeness (QED) is 0.721. The molecule has 0 fully saturated rings. The van der Waals surface area contributed by atoms with Crippen molar-refractivity contribution in [3.8, 4) is 5.82 Å². The molecule has 0 saturated heterocycles. The Morgan fingerprint density at radius 1 is 1.29 bits per heavy atom. The van der Waals surface area contributed by atoms with Gasteiger partial charge >= 0.3 is 0 Å². The van der Waals surface area contributed by atoms with E-state index in [4.69, 9.17) is 0 Å². The van der Waals surface area contributed by atoms with Gasteiger partial charge in [0.2, 0.25) is 0 Å². The fourth-order valence-corrected chi connectivity index (χ4v) is 1.07. The maximum Gasteiger partial charge on any atom is 0.171 e. The molecule has 2 heterocycles. The topological polar surface area (TPSA) is 43.6 Å². The summed E-state index contributed by atoms with van der Waals surface area (Å²) in [6, 6.07) is 0. The van der Waals surface area contributed by atoms with Crippen molar-refractivity contribution in [1.29, 1.82) is 0 Å². The summed E-state index contributed by atoms with van der Waals surface area (Å²) in [4.78, 5) is 8.24. The molecule has 2 rings (SSSR count). The molecule has 14 heavy (non-hydrogen) atoms. The number of halogens is 1. The van der Waals surface area contributed by atoms with Gasteiger partial charge in [0.1, 0.15) is 0 Å². The lowest BCUT2D eigenvalue weighted by atomic mass is 10.4. The Morgan fingerprint density at radius 2 is 2.14 bits per heavy atom. The lowest BCUT2D eigenvalue weighted by Gasteiger charge is -1.99. The van der Waals surface area contributed by atoms with E-state index < -0.39 is 0 Å². The van der Waals surface area contributed by atoms with Crippen LogP contribution in [-0.2, 0) is 6.42 Å². The summed E-state index contributed by atoms with van der Waals surface area (Å²) in [6.45, 7) is 2.00. The molecular weight excluding hydrogens is 183 g/mol. The van der Waals surface area contributed by atoms with Crippen molar-refractivity contribution in [3.05, 3.63) is 36.3 Å². The summed E-state index contributed by atoms with van der Waals surface area (Å²) in [6.07, 6.45) is 6.46. The molecule has 2 aromatic heterocycles. The number of hydrogen-bond donors (Lipinski definition) is 0. The Morgan fingerprint density at radius 3 is 2.64 bits per heavy atom. The van der Waals surface area contributed by atoms with Gasteiger partial charge in [0.05, 0.1) is 30.5 Å². The van der Waals surface area contributed by atoms with Crippen molar-refractivity contribution in [2.75, 3.05) is 0 Å². The van der Waals surface area contributed by atoms with Crippen molar-refractivity contribution in [1.82, 2.24) is 19.7 Å². The number of rotatable bonds is 2. The Labute approximate surface area is 80.4 Å². The number of hydrogen-bond acceptors (Lipinski definition) is 3. The van der Waals surface area contributed by atoms with Crippen molar-refractivity contribution < 1.29 is 4.39 Å². The summed E-state index contributed by atoms with van der Waals surface area (Å²) in [5.41, 5.74) is 0.904. The van der Waals surface area contributed by atoms with Crippen molar-refractivity contribution >= 4 is 0 Å². The summed E-state index contributed by atoms with van der Waals surface area (Å²) in [7, 11) is 0. The molecule has 5 heteroatoms. The highest BCUT2D eigenvalue weighted by Crippen LogP contribution is 2.03. The van der Waals surface area contributed by atoms with Gasteiger partial charge in [0, 0.05) is 0 Å². The molecule has 72 valence electrons. The maximum atomic E-state index is 12.6. The van der Waals surface area contributed by atoms with Gasteiger partial charge in [0.15, 0.2) is 11.6 Å². The average molecular weight is 192 g/mol. The summed E-state index contributed by atoms with van der Waals surface area (Å²) in [5, 5.41) is 3.78. The second-order valence-electron chi connectivity index (χ2n) is 2.82. The molecule has 0 aliphatic heterocycles. The molecule has 0 aromatic carbocycles. The molecule has 0 aliphatic carbocycles. The predicted octanol–water partition coefficient (Wildman–Crippen LogP) is 1.36. The smallest absolute Gasteiger partial charge is 0.171 e. The van der Waals surface area contributed by atoms with Gasteiger partial charge in [0.25, 0.3) is 0 Å². The van der Waals surface area contributed by atoms with Crippen LogP contribution in [0, 0.1) is 5.82 Å². The largest absolute Gasteiger partial charge is 0.256 e. The standard InChI is InChI=1S/C9H9FN4/c1-2-8-4-12-9(5-11-8)14-6-7(10)3-13-14/h3-6H,2H2,1H3. The minimum atomic E-state index is -0.383. The van der Waals surface area contributed by atoms with E-state index in [9.17, 15) is 4.39 Å². The molecule has 0 spiro atoms. The molecule has 0 saturated carbocycles. The lowest BCUT2D eigenvalue weighted by Crippen LogP contribution is -2.00. The minimum absolute atomic E-state index is 0.383.